The summed E-state index contributed by atoms with van der Waals surface area (Å²) in [7, 11) is 0. The first-order chi connectivity index (χ1) is 10.0. The Kier molecular flexibility index (Phi) is 4.51. The Labute approximate surface area is 124 Å². The number of nitrogens with two attached hydrogens (primary N) is 1. The van der Waals surface area contributed by atoms with Gasteiger partial charge in [-0.15, -0.1) is 11.3 Å². The molecule has 2 aromatic rings. The molecule has 0 aliphatic carbocycles. The lowest BCUT2D eigenvalue weighted by Gasteiger charge is -2.07. The Balaban J connectivity index is 2.21. The van der Waals surface area contributed by atoms with Gasteiger partial charge < -0.3 is 10.7 Å². The average molecular weight is 306 g/mol. The van der Waals surface area contributed by atoms with Gasteiger partial charge in [-0.3, -0.25) is 20.8 Å². The molecule has 110 valence electrons. The molecule has 0 radical (unpaired) electrons. The first kappa shape index (κ1) is 14.9. The number of thiophene rings is 1. The lowest BCUT2D eigenvalue weighted by molar-refractivity contribution is -0.385. The van der Waals surface area contributed by atoms with Gasteiger partial charge in [-0.25, -0.2) is 0 Å². The number of anilines is 1. The molecule has 7 nitrogen and oxygen atoms in total. The Hall–Kier alpha value is -2.45. The van der Waals surface area contributed by atoms with E-state index in [4.69, 9.17) is 5.84 Å². The van der Waals surface area contributed by atoms with Crippen molar-refractivity contribution in [3.05, 3.63) is 55.8 Å². The second-order valence-corrected chi connectivity index (χ2v) is 5.34. The van der Waals surface area contributed by atoms with E-state index in [2.05, 4.69) is 10.7 Å². The number of carbonyl (C=O) groups excluding carboxylic acids is 1. The summed E-state index contributed by atoms with van der Waals surface area (Å²) in [5.41, 5.74) is 3.59. The maximum absolute atomic E-state index is 12.2. The molecule has 0 spiro atoms. The van der Waals surface area contributed by atoms with Crippen molar-refractivity contribution in [2.75, 3.05) is 5.43 Å². The first-order valence-electron chi connectivity index (χ1n) is 6.09. The van der Waals surface area contributed by atoms with Crippen LogP contribution in [-0.4, -0.2) is 10.8 Å². The third kappa shape index (κ3) is 3.36. The number of hydrazine groups is 1. The summed E-state index contributed by atoms with van der Waals surface area (Å²) < 4.78 is 0. The van der Waals surface area contributed by atoms with Gasteiger partial charge in [0.1, 0.15) is 5.56 Å². The van der Waals surface area contributed by atoms with E-state index in [0.29, 0.717) is 12.2 Å². The molecule has 0 saturated carbocycles. The second-order valence-electron chi connectivity index (χ2n) is 4.34. The number of nitrogens with one attached hydrogen (secondary N) is 2. The number of amides is 1. The summed E-state index contributed by atoms with van der Waals surface area (Å²) in [6.07, 6.45) is 0. The Morgan fingerprint density at radius 2 is 2.19 bits per heavy atom. The number of hydrogen-bond acceptors (Lipinski definition) is 6. The third-order valence-corrected chi connectivity index (χ3v) is 4.01. The summed E-state index contributed by atoms with van der Waals surface area (Å²) >= 11 is 1.52. The molecule has 4 N–H and O–H groups in total. The quantitative estimate of drug-likeness (QED) is 0.445. The average Bonchev–Trinajstić information content (AvgIpc) is 2.89. The molecule has 2 rings (SSSR count). The van der Waals surface area contributed by atoms with Crippen molar-refractivity contribution in [3.8, 4) is 0 Å². The molecule has 1 aromatic carbocycles. The fourth-order valence-electron chi connectivity index (χ4n) is 1.81. The highest BCUT2D eigenvalue weighted by Gasteiger charge is 2.20. The van der Waals surface area contributed by atoms with Crippen molar-refractivity contribution in [2.45, 2.75) is 13.5 Å². The van der Waals surface area contributed by atoms with E-state index >= 15 is 0 Å². The van der Waals surface area contributed by atoms with Crippen LogP contribution in [0.15, 0.2) is 29.6 Å². The topological polar surface area (TPSA) is 110 Å². The van der Waals surface area contributed by atoms with E-state index in [1.54, 1.807) is 0 Å². The highest BCUT2D eigenvalue weighted by molar-refractivity contribution is 7.10. The molecule has 0 unspecified atom stereocenters. The van der Waals surface area contributed by atoms with Gasteiger partial charge in [-0.1, -0.05) is 0 Å². The molecular formula is C13H14N4O3S. The van der Waals surface area contributed by atoms with Gasteiger partial charge in [-0.05, 0) is 36.1 Å². The van der Waals surface area contributed by atoms with Gasteiger partial charge in [-0.2, -0.15) is 0 Å². The van der Waals surface area contributed by atoms with Crippen molar-refractivity contribution in [1.82, 2.24) is 5.32 Å². The Bertz CT molecular complexity index is 684. The minimum absolute atomic E-state index is 0.0235. The number of nitro benzene ring substituents is 1. The minimum atomic E-state index is -0.592. The molecule has 0 aliphatic heterocycles. The van der Waals surface area contributed by atoms with Gasteiger partial charge in [0, 0.05) is 16.6 Å². The number of carbonyl (C=O) groups is 1. The van der Waals surface area contributed by atoms with Crippen LogP contribution >= 0.6 is 11.3 Å². The van der Waals surface area contributed by atoms with Crippen LogP contribution in [-0.2, 0) is 6.54 Å². The van der Waals surface area contributed by atoms with E-state index in [-0.39, 0.29) is 11.3 Å². The number of nitrogen functional groups attached to an aromatic ring is 1. The number of aryl methyl sites for hydroxylation is 1. The number of benzene rings is 1. The molecule has 0 saturated heterocycles. The molecule has 1 aromatic heterocycles. The number of nitro groups is 1. The zero-order valence-electron chi connectivity index (χ0n) is 11.3. The largest absolute Gasteiger partial charge is 0.347 e. The number of rotatable bonds is 5. The third-order valence-electron chi connectivity index (χ3n) is 2.98. The smallest absolute Gasteiger partial charge is 0.282 e. The van der Waals surface area contributed by atoms with Crippen LogP contribution in [0.1, 0.15) is 20.8 Å². The van der Waals surface area contributed by atoms with Gasteiger partial charge >= 0.3 is 0 Å². The SMILES string of the molecule is Cc1ccsc1CNC(=O)c1cc(NN)ccc1[N+](=O)[O-]. The molecule has 0 atom stereocenters. The van der Waals surface area contributed by atoms with Crippen LogP contribution in [0, 0.1) is 17.0 Å². The maximum atomic E-state index is 12.2. The minimum Gasteiger partial charge on any atom is -0.347 e. The maximum Gasteiger partial charge on any atom is 0.282 e. The van der Waals surface area contributed by atoms with E-state index in [9.17, 15) is 14.9 Å². The van der Waals surface area contributed by atoms with Crippen molar-refractivity contribution >= 4 is 28.6 Å². The first-order valence-corrected chi connectivity index (χ1v) is 6.97. The predicted octanol–water partition coefficient (Wildman–Crippen LogP) is 2.18. The highest BCUT2D eigenvalue weighted by atomic mass is 32.1. The van der Waals surface area contributed by atoms with Crippen LogP contribution in [0.3, 0.4) is 0 Å². The summed E-state index contributed by atoms with van der Waals surface area (Å²) in [6.45, 7) is 2.28. The van der Waals surface area contributed by atoms with E-state index in [1.165, 1.54) is 29.5 Å². The monoisotopic (exact) mass is 306 g/mol. The molecule has 21 heavy (non-hydrogen) atoms. The van der Waals surface area contributed by atoms with Crippen molar-refractivity contribution in [2.24, 2.45) is 5.84 Å². The van der Waals surface area contributed by atoms with Crippen LogP contribution < -0.4 is 16.6 Å². The number of hydrogen-bond donors (Lipinski definition) is 3. The van der Waals surface area contributed by atoms with Gasteiger partial charge in [0.15, 0.2) is 0 Å². The van der Waals surface area contributed by atoms with Crippen molar-refractivity contribution in [1.29, 1.82) is 0 Å². The fraction of sp³-hybridized carbons (Fsp3) is 0.154. The standard InChI is InChI=1S/C13H14N4O3S/c1-8-4-5-21-12(8)7-15-13(18)10-6-9(16-14)2-3-11(10)17(19)20/h2-6,16H,7,14H2,1H3,(H,15,18). The molecular weight excluding hydrogens is 292 g/mol. The van der Waals surface area contributed by atoms with Gasteiger partial charge in [0.25, 0.3) is 11.6 Å². The normalized spacial score (nSPS) is 10.2. The van der Waals surface area contributed by atoms with Crippen LogP contribution in [0.5, 0.6) is 0 Å². The molecule has 0 aliphatic rings. The number of nitrogens with zero attached hydrogens (tertiary/aromatic N) is 1. The lowest BCUT2D eigenvalue weighted by atomic mass is 10.1. The summed E-state index contributed by atoms with van der Waals surface area (Å²) in [5.74, 6) is 4.76. The lowest BCUT2D eigenvalue weighted by Crippen LogP contribution is -2.24. The zero-order chi connectivity index (χ0) is 15.4. The molecule has 1 heterocycles. The molecule has 8 heteroatoms. The second kappa shape index (κ2) is 6.33. The van der Waals surface area contributed by atoms with E-state index in [1.807, 2.05) is 18.4 Å². The summed E-state index contributed by atoms with van der Waals surface area (Å²) in [5, 5.41) is 15.6. The molecule has 0 fully saturated rings. The summed E-state index contributed by atoms with van der Waals surface area (Å²) in [4.78, 5) is 23.6. The van der Waals surface area contributed by atoms with E-state index in [0.717, 1.165) is 10.4 Å². The Morgan fingerprint density at radius 1 is 1.43 bits per heavy atom. The highest BCUT2D eigenvalue weighted by Crippen LogP contribution is 2.22. The van der Waals surface area contributed by atoms with Gasteiger partial charge in [0.05, 0.1) is 11.5 Å². The molecule has 1 amide bonds. The van der Waals surface area contributed by atoms with Crippen LogP contribution in [0.2, 0.25) is 0 Å². The summed E-state index contributed by atoms with van der Waals surface area (Å²) in [6, 6.07) is 6.00. The van der Waals surface area contributed by atoms with Gasteiger partial charge in [0.2, 0.25) is 0 Å². The van der Waals surface area contributed by atoms with Crippen LogP contribution in [0.25, 0.3) is 0 Å². The predicted molar refractivity (Wildman–Crippen MR) is 81.1 cm³/mol. The zero-order valence-corrected chi connectivity index (χ0v) is 12.1. The fourth-order valence-corrected chi connectivity index (χ4v) is 2.65. The van der Waals surface area contributed by atoms with Crippen molar-refractivity contribution < 1.29 is 9.72 Å². The van der Waals surface area contributed by atoms with E-state index < -0.39 is 10.8 Å². The van der Waals surface area contributed by atoms with Crippen molar-refractivity contribution in [3.63, 3.8) is 0 Å². The Morgan fingerprint density at radius 3 is 2.76 bits per heavy atom. The van der Waals surface area contributed by atoms with Crippen LogP contribution in [0.4, 0.5) is 11.4 Å². The molecule has 0 bridgehead atoms.